The molecule has 8 aromatic carbocycles. The quantitative estimate of drug-likeness (QED) is 0.172. The first kappa shape index (κ1) is 31.5. The summed E-state index contributed by atoms with van der Waals surface area (Å²) in [5.41, 5.74) is 12.6. The number of para-hydroxylation sites is 1. The summed E-state index contributed by atoms with van der Waals surface area (Å²) in [6.45, 7) is 4.71. The molecule has 4 heteroatoms. The van der Waals surface area contributed by atoms with Crippen molar-refractivity contribution in [2.75, 3.05) is 0 Å². The first-order valence-corrected chi connectivity index (χ1v) is 19.0. The Morgan fingerprint density at radius 3 is 1.87 bits per heavy atom. The van der Waals surface area contributed by atoms with Crippen LogP contribution in [-0.4, -0.2) is 4.57 Å². The van der Waals surface area contributed by atoms with Gasteiger partial charge in [-0.3, -0.25) is 16.0 Å². The van der Waals surface area contributed by atoms with Gasteiger partial charge in [0.05, 0.1) is 35.2 Å². The van der Waals surface area contributed by atoms with Crippen molar-refractivity contribution in [2.24, 2.45) is 0 Å². The van der Waals surface area contributed by atoms with Gasteiger partial charge >= 0.3 is 0 Å². The molecule has 9 aromatic rings. The van der Waals surface area contributed by atoms with Crippen molar-refractivity contribution in [3.8, 4) is 16.8 Å². The van der Waals surface area contributed by atoms with Crippen molar-refractivity contribution < 1.29 is 0 Å². The second-order valence-corrected chi connectivity index (χ2v) is 15.5. The van der Waals surface area contributed by atoms with Crippen LogP contribution in [0.3, 0.4) is 0 Å². The van der Waals surface area contributed by atoms with Crippen LogP contribution in [0.4, 0.5) is 0 Å². The number of rotatable bonds is 4. The predicted molar refractivity (Wildman–Crippen MR) is 224 cm³/mol. The molecule has 3 unspecified atom stereocenters. The largest absolute Gasteiger partial charge is 0.309 e. The molecule has 11 rings (SSSR count). The van der Waals surface area contributed by atoms with E-state index in [2.05, 4.69) is 204 Å². The Hall–Kier alpha value is -6.04. The summed E-state index contributed by atoms with van der Waals surface area (Å²) in [5.74, 6) is 0. The molecule has 260 valence electrons. The van der Waals surface area contributed by atoms with Gasteiger partial charge in [0.2, 0.25) is 0 Å². The van der Waals surface area contributed by atoms with E-state index in [9.17, 15) is 0 Å². The van der Waals surface area contributed by atoms with Gasteiger partial charge in [0, 0.05) is 21.6 Å². The van der Waals surface area contributed by atoms with E-state index in [1.165, 1.54) is 88.0 Å². The van der Waals surface area contributed by atoms with Crippen LogP contribution in [0.15, 0.2) is 170 Å². The van der Waals surface area contributed by atoms with Crippen LogP contribution >= 0.6 is 0 Å². The van der Waals surface area contributed by atoms with Gasteiger partial charge in [-0.15, -0.1) is 0 Å². The van der Waals surface area contributed by atoms with E-state index in [0.29, 0.717) is 0 Å². The normalized spacial score (nSPS) is 19.0. The summed E-state index contributed by atoms with van der Waals surface area (Å²) in [5, 5.41) is 19.3. The standard InChI is InChI=1S/C50H40N4/c1-50(2)42-20-10-8-18-37(42)38-26-25-36(29-43(38)50)49-52-47(32-13-4-3-5-14-32)51-48(53-49)35-24-23-31-17-12-22-45(40(31)28-35)54-44-21-11-9-19-39(44)41-27-33-15-6-7-16-34(33)30-46(41)54/h3-30,47-49,51-53H,1-2H3. The maximum Gasteiger partial charge on any atom is 0.0864 e. The molecule has 4 nitrogen and oxygen atoms in total. The first-order valence-electron chi connectivity index (χ1n) is 19.0. The first-order chi connectivity index (χ1) is 26.5. The number of aromatic nitrogens is 1. The molecule has 1 aliphatic heterocycles. The molecule has 2 aliphatic rings. The van der Waals surface area contributed by atoms with Crippen LogP contribution in [0, 0.1) is 0 Å². The molecule has 0 radical (unpaired) electrons. The summed E-state index contributed by atoms with van der Waals surface area (Å²) in [7, 11) is 0. The third-order valence-electron chi connectivity index (χ3n) is 12.1. The minimum absolute atomic E-state index is 0.0579. The molecular formula is C50H40N4. The Morgan fingerprint density at radius 2 is 1.04 bits per heavy atom. The van der Waals surface area contributed by atoms with Gasteiger partial charge in [0.1, 0.15) is 0 Å². The Morgan fingerprint density at radius 1 is 0.407 bits per heavy atom. The van der Waals surface area contributed by atoms with Crippen molar-refractivity contribution in [1.82, 2.24) is 20.5 Å². The average Bonchev–Trinajstić information content (AvgIpc) is 3.66. The fraction of sp³-hybridized carbons (Fsp3) is 0.120. The van der Waals surface area contributed by atoms with E-state index >= 15 is 0 Å². The van der Waals surface area contributed by atoms with Gasteiger partial charge in [-0.2, -0.15) is 0 Å². The Bertz CT molecular complexity index is 2920. The lowest BCUT2D eigenvalue weighted by molar-refractivity contribution is 0.203. The highest BCUT2D eigenvalue weighted by Gasteiger charge is 2.37. The number of benzene rings is 8. The SMILES string of the molecule is CC1(C)c2ccccc2-c2ccc(C3NC(c4ccccc4)NC(c4ccc5cccc(-n6c7ccccc7c7cc8ccccc8cc76)c5c4)N3)cc21. The third kappa shape index (κ3) is 4.81. The van der Waals surface area contributed by atoms with E-state index in [1.54, 1.807) is 0 Å². The van der Waals surface area contributed by atoms with E-state index < -0.39 is 0 Å². The van der Waals surface area contributed by atoms with Gasteiger partial charge in [-0.1, -0.05) is 153 Å². The van der Waals surface area contributed by atoms with E-state index in [1.807, 2.05) is 0 Å². The van der Waals surface area contributed by atoms with Gasteiger partial charge < -0.3 is 4.57 Å². The summed E-state index contributed by atoms with van der Waals surface area (Å²) in [6, 6.07) is 62.5. The zero-order chi connectivity index (χ0) is 36.0. The second-order valence-electron chi connectivity index (χ2n) is 15.5. The van der Waals surface area contributed by atoms with Gasteiger partial charge in [0.15, 0.2) is 0 Å². The van der Waals surface area contributed by atoms with Crippen molar-refractivity contribution in [3.05, 3.63) is 198 Å². The van der Waals surface area contributed by atoms with Gasteiger partial charge in [-0.25, -0.2) is 0 Å². The van der Waals surface area contributed by atoms with Crippen molar-refractivity contribution in [1.29, 1.82) is 0 Å². The molecule has 0 saturated carbocycles. The van der Waals surface area contributed by atoms with Crippen LogP contribution in [0.1, 0.15) is 60.2 Å². The number of nitrogens with one attached hydrogen (secondary N) is 3. The Labute approximate surface area is 315 Å². The van der Waals surface area contributed by atoms with Gasteiger partial charge in [-0.05, 0) is 85.4 Å². The highest BCUT2D eigenvalue weighted by molar-refractivity contribution is 6.14. The van der Waals surface area contributed by atoms with Crippen molar-refractivity contribution in [3.63, 3.8) is 0 Å². The second kappa shape index (κ2) is 12.0. The molecule has 54 heavy (non-hydrogen) atoms. The summed E-state index contributed by atoms with van der Waals surface area (Å²) in [6.07, 6.45) is -0.250. The molecule has 1 fully saturated rings. The molecule has 0 spiro atoms. The summed E-state index contributed by atoms with van der Waals surface area (Å²) >= 11 is 0. The molecule has 1 saturated heterocycles. The predicted octanol–water partition coefficient (Wildman–Crippen LogP) is 11.6. The van der Waals surface area contributed by atoms with Crippen LogP contribution < -0.4 is 16.0 Å². The molecule has 0 bridgehead atoms. The lowest BCUT2D eigenvalue weighted by Gasteiger charge is -2.40. The van der Waals surface area contributed by atoms with Crippen LogP contribution in [0.2, 0.25) is 0 Å². The highest BCUT2D eigenvalue weighted by atomic mass is 15.4. The number of nitrogens with zero attached hydrogens (tertiary/aromatic N) is 1. The van der Waals surface area contributed by atoms with E-state index in [4.69, 9.17) is 0 Å². The minimum Gasteiger partial charge on any atom is -0.309 e. The smallest absolute Gasteiger partial charge is 0.0864 e. The van der Waals surface area contributed by atoms with Crippen LogP contribution in [-0.2, 0) is 5.41 Å². The van der Waals surface area contributed by atoms with Crippen molar-refractivity contribution >= 4 is 43.4 Å². The molecule has 2 heterocycles. The van der Waals surface area contributed by atoms with E-state index in [-0.39, 0.29) is 23.9 Å². The molecular weight excluding hydrogens is 657 g/mol. The van der Waals surface area contributed by atoms with Crippen LogP contribution in [0.25, 0.3) is 60.2 Å². The Kier molecular flexibility index (Phi) is 6.99. The van der Waals surface area contributed by atoms with Crippen LogP contribution in [0.5, 0.6) is 0 Å². The highest BCUT2D eigenvalue weighted by Crippen LogP contribution is 2.49. The molecule has 1 aromatic heterocycles. The lowest BCUT2D eigenvalue weighted by atomic mass is 9.82. The maximum absolute atomic E-state index is 3.99. The average molecular weight is 697 g/mol. The minimum atomic E-state index is -0.112. The molecule has 3 atom stereocenters. The number of hydrogen-bond donors (Lipinski definition) is 3. The molecule has 1 aliphatic carbocycles. The third-order valence-corrected chi connectivity index (χ3v) is 12.1. The fourth-order valence-electron chi connectivity index (χ4n) is 9.33. The topological polar surface area (TPSA) is 41.0 Å². The number of hydrogen-bond acceptors (Lipinski definition) is 3. The molecule has 3 N–H and O–H groups in total. The summed E-state index contributed by atoms with van der Waals surface area (Å²) < 4.78 is 2.46. The Balaban J connectivity index is 1.04. The van der Waals surface area contributed by atoms with Crippen molar-refractivity contribution in [2.45, 2.75) is 37.8 Å². The zero-order valence-electron chi connectivity index (χ0n) is 30.3. The lowest BCUT2D eigenvalue weighted by Crippen LogP contribution is -2.54. The monoisotopic (exact) mass is 696 g/mol. The maximum atomic E-state index is 3.99. The molecule has 0 amide bonds. The van der Waals surface area contributed by atoms with E-state index in [0.717, 1.165) is 0 Å². The number of fused-ring (bicyclic) bond motifs is 8. The zero-order valence-corrected chi connectivity index (χ0v) is 30.3. The summed E-state index contributed by atoms with van der Waals surface area (Å²) in [4.78, 5) is 0. The van der Waals surface area contributed by atoms with Gasteiger partial charge in [0.25, 0.3) is 0 Å². The fourth-order valence-corrected chi connectivity index (χ4v) is 9.33.